The van der Waals surface area contributed by atoms with Crippen LogP contribution in [0.5, 0.6) is 0 Å². The van der Waals surface area contributed by atoms with Crippen LogP contribution in [-0.4, -0.2) is 53.4 Å². The predicted octanol–water partition coefficient (Wildman–Crippen LogP) is 3.48. The lowest BCUT2D eigenvalue weighted by molar-refractivity contribution is 0.468. The number of guanidine groups is 1. The molecule has 164 valence electrons. The minimum Gasteiger partial charge on any atom is -0.461 e. The van der Waals surface area contributed by atoms with Gasteiger partial charge in [0.15, 0.2) is 11.7 Å². The first kappa shape index (κ1) is 21.2. The van der Waals surface area contributed by atoms with Crippen LogP contribution in [0.1, 0.15) is 25.6 Å². The van der Waals surface area contributed by atoms with E-state index >= 15 is 0 Å². The van der Waals surface area contributed by atoms with Crippen LogP contribution in [0.15, 0.2) is 52.1 Å². The molecule has 3 aromatic rings. The highest BCUT2D eigenvalue weighted by atomic mass is 35.5. The molecule has 3 heterocycles. The van der Waals surface area contributed by atoms with Crippen molar-refractivity contribution in [3.8, 4) is 11.6 Å². The second-order valence-corrected chi connectivity index (χ2v) is 7.88. The number of anilines is 1. The Kier molecular flexibility index (Phi) is 7.09. The summed E-state index contributed by atoms with van der Waals surface area (Å²) in [5, 5.41) is 14.9. The number of aliphatic imine (C=N–C) groups is 1. The van der Waals surface area contributed by atoms with Crippen molar-refractivity contribution in [1.29, 1.82) is 0 Å². The number of hydrogen-bond donors (Lipinski definition) is 3. The summed E-state index contributed by atoms with van der Waals surface area (Å²) >= 11 is 6.40. The molecule has 31 heavy (non-hydrogen) atoms. The number of benzene rings is 1. The second-order valence-electron chi connectivity index (χ2n) is 7.47. The molecule has 1 atom stereocenters. The standard InChI is InChI=1S/C22H28ClN7O/c1-2-24-22(25-12-11-20-27-21(29-28-20)19-10-6-14-31-19)26-16-7-5-13-30(15-16)18-9-4-3-8-17(18)23/h3-4,6,8-10,14,16H,2,5,7,11-13,15H2,1H3,(H2,24,25,26)(H,27,28,29). The van der Waals surface area contributed by atoms with Crippen molar-refractivity contribution in [2.45, 2.75) is 32.2 Å². The molecule has 3 N–H and O–H groups in total. The van der Waals surface area contributed by atoms with Crippen LogP contribution in [0.25, 0.3) is 11.6 Å². The summed E-state index contributed by atoms with van der Waals surface area (Å²) in [5.74, 6) is 2.82. The quantitative estimate of drug-likeness (QED) is 0.384. The zero-order valence-corrected chi connectivity index (χ0v) is 18.4. The van der Waals surface area contributed by atoms with Crippen molar-refractivity contribution in [2.24, 2.45) is 4.99 Å². The third kappa shape index (κ3) is 5.58. The van der Waals surface area contributed by atoms with E-state index in [-0.39, 0.29) is 0 Å². The van der Waals surface area contributed by atoms with E-state index in [0.717, 1.165) is 55.0 Å². The summed E-state index contributed by atoms with van der Waals surface area (Å²) in [6, 6.07) is 12.0. The van der Waals surface area contributed by atoms with Crippen molar-refractivity contribution in [1.82, 2.24) is 25.8 Å². The number of rotatable bonds is 7. The van der Waals surface area contributed by atoms with Gasteiger partial charge in [-0.1, -0.05) is 23.7 Å². The molecule has 0 radical (unpaired) electrons. The van der Waals surface area contributed by atoms with Crippen LogP contribution >= 0.6 is 11.6 Å². The summed E-state index contributed by atoms with van der Waals surface area (Å²) in [4.78, 5) is 11.5. The lowest BCUT2D eigenvalue weighted by Gasteiger charge is -2.35. The average molecular weight is 442 g/mol. The first-order valence-corrected chi connectivity index (χ1v) is 11.1. The SMILES string of the molecule is CCNC(=NCCc1nc(-c2ccco2)n[nH]1)NC1CCCN(c2ccccc2Cl)C1. The Morgan fingerprint density at radius 3 is 3.03 bits per heavy atom. The number of para-hydroxylation sites is 1. The van der Waals surface area contributed by atoms with Crippen molar-refractivity contribution in [3.63, 3.8) is 0 Å². The van der Waals surface area contributed by atoms with Gasteiger partial charge in [0.25, 0.3) is 0 Å². The number of halogens is 1. The van der Waals surface area contributed by atoms with Gasteiger partial charge in [-0.2, -0.15) is 5.10 Å². The smallest absolute Gasteiger partial charge is 0.216 e. The number of nitrogens with one attached hydrogen (secondary N) is 3. The molecule has 1 aliphatic heterocycles. The molecule has 9 heteroatoms. The molecule has 1 saturated heterocycles. The predicted molar refractivity (Wildman–Crippen MR) is 124 cm³/mol. The third-order valence-electron chi connectivity index (χ3n) is 5.19. The van der Waals surface area contributed by atoms with Gasteiger partial charge >= 0.3 is 0 Å². The first-order chi connectivity index (χ1) is 15.2. The van der Waals surface area contributed by atoms with E-state index in [9.17, 15) is 0 Å². The number of piperidine rings is 1. The number of H-pyrrole nitrogens is 1. The van der Waals surface area contributed by atoms with E-state index < -0.39 is 0 Å². The zero-order chi connectivity index (χ0) is 21.5. The maximum atomic E-state index is 6.40. The van der Waals surface area contributed by atoms with Crippen molar-refractivity contribution in [3.05, 3.63) is 53.5 Å². The van der Waals surface area contributed by atoms with E-state index in [4.69, 9.17) is 21.0 Å². The van der Waals surface area contributed by atoms with E-state index in [1.165, 1.54) is 0 Å². The highest BCUT2D eigenvalue weighted by molar-refractivity contribution is 6.33. The number of nitrogens with zero attached hydrogens (tertiary/aromatic N) is 4. The fourth-order valence-corrected chi connectivity index (χ4v) is 3.99. The van der Waals surface area contributed by atoms with E-state index in [1.54, 1.807) is 6.26 Å². The van der Waals surface area contributed by atoms with Crippen molar-refractivity contribution >= 4 is 23.2 Å². The lowest BCUT2D eigenvalue weighted by atomic mass is 10.0. The maximum Gasteiger partial charge on any atom is 0.216 e. The largest absolute Gasteiger partial charge is 0.461 e. The Balaban J connectivity index is 1.34. The molecular weight excluding hydrogens is 414 g/mol. The molecule has 0 spiro atoms. The summed E-state index contributed by atoms with van der Waals surface area (Å²) < 4.78 is 5.34. The van der Waals surface area contributed by atoms with Gasteiger partial charge in [-0.15, -0.1) is 0 Å². The fourth-order valence-electron chi connectivity index (χ4n) is 3.73. The number of aromatic nitrogens is 3. The molecule has 0 amide bonds. The van der Waals surface area contributed by atoms with Crippen LogP contribution in [0.3, 0.4) is 0 Å². The highest BCUT2D eigenvalue weighted by Gasteiger charge is 2.22. The molecule has 1 fully saturated rings. The van der Waals surface area contributed by atoms with Gasteiger partial charge in [-0.3, -0.25) is 10.1 Å². The Morgan fingerprint density at radius 1 is 1.32 bits per heavy atom. The molecular formula is C22H28ClN7O. The van der Waals surface area contributed by atoms with Gasteiger partial charge < -0.3 is 20.0 Å². The van der Waals surface area contributed by atoms with Crippen molar-refractivity contribution in [2.75, 3.05) is 31.1 Å². The fraction of sp³-hybridized carbons (Fsp3) is 0.409. The topological polar surface area (TPSA) is 94.4 Å². The van der Waals surface area contributed by atoms with Crippen molar-refractivity contribution < 1.29 is 4.42 Å². The summed E-state index contributed by atoms with van der Waals surface area (Å²) in [6.07, 6.45) is 4.48. The number of aromatic amines is 1. The molecule has 0 saturated carbocycles. The van der Waals surface area contributed by atoms with E-state index in [1.807, 2.05) is 30.3 Å². The molecule has 1 aromatic carbocycles. The maximum absolute atomic E-state index is 6.40. The Bertz CT molecular complexity index is 985. The summed E-state index contributed by atoms with van der Waals surface area (Å²) in [7, 11) is 0. The summed E-state index contributed by atoms with van der Waals surface area (Å²) in [6.45, 7) is 5.38. The van der Waals surface area contributed by atoms with Gasteiger partial charge in [0.1, 0.15) is 5.82 Å². The van der Waals surface area contributed by atoms with Crippen LogP contribution in [-0.2, 0) is 6.42 Å². The molecule has 8 nitrogen and oxygen atoms in total. The van der Waals surface area contributed by atoms with Crippen LogP contribution < -0.4 is 15.5 Å². The Hall–Kier alpha value is -3.00. The van der Waals surface area contributed by atoms with Gasteiger partial charge in [0.05, 0.1) is 17.0 Å². The molecule has 1 unspecified atom stereocenters. The lowest BCUT2D eigenvalue weighted by Crippen LogP contribution is -2.51. The van der Waals surface area contributed by atoms with E-state index in [2.05, 4.69) is 43.7 Å². The minimum atomic E-state index is 0.304. The minimum absolute atomic E-state index is 0.304. The summed E-state index contributed by atoms with van der Waals surface area (Å²) in [5.41, 5.74) is 1.09. The van der Waals surface area contributed by atoms with Crippen LogP contribution in [0.4, 0.5) is 5.69 Å². The molecule has 2 aromatic heterocycles. The molecule has 4 rings (SSSR count). The van der Waals surface area contributed by atoms with Gasteiger partial charge in [-0.25, -0.2) is 4.98 Å². The highest BCUT2D eigenvalue weighted by Crippen LogP contribution is 2.27. The third-order valence-corrected chi connectivity index (χ3v) is 5.51. The second kappa shape index (κ2) is 10.3. The molecule has 1 aliphatic rings. The van der Waals surface area contributed by atoms with Gasteiger partial charge in [0, 0.05) is 38.6 Å². The average Bonchev–Trinajstić information content (AvgIpc) is 3.46. The number of furan rings is 1. The monoisotopic (exact) mass is 441 g/mol. The van der Waals surface area contributed by atoms with E-state index in [0.29, 0.717) is 30.6 Å². The zero-order valence-electron chi connectivity index (χ0n) is 17.6. The molecule has 0 bridgehead atoms. The van der Waals surface area contributed by atoms with Crippen LogP contribution in [0, 0.1) is 0 Å². The van der Waals surface area contributed by atoms with Gasteiger partial charge in [0.2, 0.25) is 5.82 Å². The Labute approximate surface area is 187 Å². The Morgan fingerprint density at radius 2 is 2.23 bits per heavy atom. The number of hydrogen-bond acceptors (Lipinski definition) is 5. The normalized spacial score (nSPS) is 17.0. The molecule has 0 aliphatic carbocycles. The van der Waals surface area contributed by atoms with Gasteiger partial charge in [-0.05, 0) is 44.0 Å². The van der Waals surface area contributed by atoms with Crippen LogP contribution in [0.2, 0.25) is 5.02 Å². The first-order valence-electron chi connectivity index (χ1n) is 10.7.